The Bertz CT molecular complexity index is 2110. The van der Waals surface area contributed by atoms with Gasteiger partial charge in [0.2, 0.25) is 0 Å². The zero-order valence-corrected chi connectivity index (χ0v) is 26.0. The van der Waals surface area contributed by atoms with Crippen molar-refractivity contribution in [2.45, 2.75) is 26.4 Å². The maximum Gasteiger partial charge on any atom is 0.338 e. The predicted molar refractivity (Wildman–Crippen MR) is 169 cm³/mol. The summed E-state index contributed by atoms with van der Waals surface area (Å²) in [5, 5.41) is 0.934. The van der Waals surface area contributed by atoms with Crippen molar-refractivity contribution in [3.8, 4) is 5.75 Å². The first-order valence-electron chi connectivity index (χ1n) is 13.6. The first-order valence-corrected chi connectivity index (χ1v) is 15.3. The molecule has 0 saturated carbocycles. The van der Waals surface area contributed by atoms with Crippen LogP contribution in [0.5, 0.6) is 5.75 Å². The summed E-state index contributed by atoms with van der Waals surface area (Å²) in [5.74, 6) is -0.166. The number of hydrogen-bond donors (Lipinski definition) is 0. The van der Waals surface area contributed by atoms with E-state index in [2.05, 4.69) is 20.9 Å². The van der Waals surface area contributed by atoms with Gasteiger partial charge >= 0.3 is 5.97 Å². The van der Waals surface area contributed by atoms with E-state index in [0.717, 1.165) is 16.5 Å². The average molecular weight is 661 g/mol. The number of ether oxygens (including phenoxy) is 2. The molecule has 0 aliphatic carbocycles. The van der Waals surface area contributed by atoms with Gasteiger partial charge in [0.15, 0.2) is 4.80 Å². The van der Waals surface area contributed by atoms with Gasteiger partial charge in [0, 0.05) is 28.2 Å². The van der Waals surface area contributed by atoms with Crippen LogP contribution in [0, 0.1) is 5.82 Å². The average Bonchev–Trinajstić information content (AvgIpc) is 3.49. The van der Waals surface area contributed by atoms with Crippen LogP contribution in [0.4, 0.5) is 4.39 Å². The summed E-state index contributed by atoms with van der Waals surface area (Å²) in [4.78, 5) is 32.5. The minimum absolute atomic E-state index is 0.190. The number of hydrogen-bond acceptors (Lipinski definition) is 6. The topological polar surface area (TPSA) is 74.8 Å². The van der Waals surface area contributed by atoms with Gasteiger partial charge in [-0.1, -0.05) is 53.8 Å². The number of rotatable bonds is 7. The second-order valence-corrected chi connectivity index (χ2v) is 11.9. The van der Waals surface area contributed by atoms with Crippen molar-refractivity contribution in [1.82, 2.24) is 9.13 Å². The fourth-order valence-electron chi connectivity index (χ4n) is 5.43. The molecule has 0 amide bonds. The molecule has 0 saturated heterocycles. The maximum absolute atomic E-state index is 14.5. The van der Waals surface area contributed by atoms with Gasteiger partial charge in [0.1, 0.15) is 11.6 Å². The van der Waals surface area contributed by atoms with Crippen LogP contribution in [0.3, 0.4) is 0 Å². The molecule has 1 atom stereocenters. The van der Waals surface area contributed by atoms with Crippen LogP contribution in [0.1, 0.15) is 36.6 Å². The predicted octanol–water partition coefficient (Wildman–Crippen LogP) is 5.71. The number of esters is 1. The molecule has 43 heavy (non-hydrogen) atoms. The lowest BCUT2D eigenvalue weighted by Crippen LogP contribution is -2.39. The van der Waals surface area contributed by atoms with E-state index in [9.17, 15) is 14.0 Å². The quantitative estimate of drug-likeness (QED) is 0.210. The molecule has 10 heteroatoms. The van der Waals surface area contributed by atoms with Crippen LogP contribution in [0.2, 0.25) is 0 Å². The second-order valence-electron chi connectivity index (χ2n) is 10.0. The number of thiazole rings is 1. The number of nitrogens with zero attached hydrogens (tertiary/aromatic N) is 3. The molecule has 7 nitrogen and oxygen atoms in total. The minimum Gasteiger partial charge on any atom is -0.496 e. The highest BCUT2D eigenvalue weighted by Crippen LogP contribution is 2.35. The number of allylic oxidation sites excluding steroid dienone is 1. The van der Waals surface area contributed by atoms with Gasteiger partial charge in [-0.3, -0.25) is 9.36 Å². The highest BCUT2D eigenvalue weighted by molar-refractivity contribution is 9.10. The molecule has 0 radical (unpaired) electrons. The van der Waals surface area contributed by atoms with Gasteiger partial charge < -0.3 is 14.0 Å². The Hall–Kier alpha value is -4.28. The number of methoxy groups -OCH3 is 1. The standard InChI is InChI=1S/C33H27BrFN3O4S/c1-4-42-32(40)29-19(2)36-33-38(30(29)20-13-14-27(41-3)24(34)15-20)31(39)28(43-33)16-22-18-37(26-12-8-6-10-23(22)26)17-21-9-5-7-11-25(21)35/h5-16,18,30H,4,17H2,1-3H3/b28-16+/t30-/m1/s1. The Morgan fingerprint density at radius 3 is 2.65 bits per heavy atom. The molecular formula is C33H27BrFN3O4S. The summed E-state index contributed by atoms with van der Waals surface area (Å²) in [6, 6.07) is 19.3. The Morgan fingerprint density at radius 1 is 1.14 bits per heavy atom. The van der Waals surface area contributed by atoms with E-state index in [-0.39, 0.29) is 18.0 Å². The molecule has 2 aromatic heterocycles. The fourth-order valence-corrected chi connectivity index (χ4v) is 7.03. The molecule has 0 spiro atoms. The van der Waals surface area contributed by atoms with E-state index < -0.39 is 12.0 Å². The van der Waals surface area contributed by atoms with E-state index in [4.69, 9.17) is 9.47 Å². The third-order valence-electron chi connectivity index (χ3n) is 7.41. The fraction of sp³-hybridized carbons (Fsp3) is 0.182. The molecular weight excluding hydrogens is 633 g/mol. The van der Waals surface area contributed by atoms with Gasteiger partial charge in [-0.25, -0.2) is 14.2 Å². The number of benzene rings is 3. The molecule has 0 unspecified atom stereocenters. The largest absolute Gasteiger partial charge is 0.496 e. The lowest BCUT2D eigenvalue weighted by Gasteiger charge is -2.25. The van der Waals surface area contributed by atoms with Gasteiger partial charge in [-0.15, -0.1) is 0 Å². The SMILES string of the molecule is CCOC(=O)C1=C(C)N=c2s/c(=C/c3cn(Cc4ccccc4F)c4ccccc34)c(=O)n2[C@@H]1c1ccc(OC)c(Br)c1. The van der Waals surface area contributed by atoms with Crippen molar-refractivity contribution in [2.24, 2.45) is 4.99 Å². The molecule has 6 rings (SSSR count). The first kappa shape index (κ1) is 28.8. The van der Waals surface area contributed by atoms with Crippen molar-refractivity contribution in [3.63, 3.8) is 0 Å². The van der Waals surface area contributed by atoms with Crippen molar-refractivity contribution >= 4 is 50.2 Å². The Morgan fingerprint density at radius 2 is 1.91 bits per heavy atom. The Balaban J connectivity index is 1.53. The molecule has 0 N–H and O–H groups in total. The summed E-state index contributed by atoms with van der Waals surface area (Å²) in [5.41, 5.74) is 3.54. The number of aromatic nitrogens is 2. The second kappa shape index (κ2) is 11.8. The minimum atomic E-state index is -0.748. The molecule has 218 valence electrons. The molecule has 1 aliphatic rings. The molecule has 5 aromatic rings. The molecule has 3 aromatic carbocycles. The third kappa shape index (κ3) is 5.25. The lowest BCUT2D eigenvalue weighted by atomic mass is 9.96. The van der Waals surface area contributed by atoms with Gasteiger partial charge in [-0.2, -0.15) is 0 Å². The Kier molecular flexibility index (Phi) is 7.89. The summed E-state index contributed by atoms with van der Waals surface area (Å²) in [6.45, 7) is 4.03. The highest BCUT2D eigenvalue weighted by Gasteiger charge is 2.33. The Labute approximate surface area is 259 Å². The molecule has 3 heterocycles. The van der Waals surface area contributed by atoms with Gasteiger partial charge in [0.25, 0.3) is 5.56 Å². The highest BCUT2D eigenvalue weighted by atomic mass is 79.9. The first-order chi connectivity index (χ1) is 20.8. The third-order valence-corrected chi connectivity index (χ3v) is 9.02. The van der Waals surface area contributed by atoms with Crippen LogP contribution in [0.25, 0.3) is 17.0 Å². The van der Waals surface area contributed by atoms with Crippen molar-refractivity contribution in [2.75, 3.05) is 13.7 Å². The van der Waals surface area contributed by atoms with Gasteiger partial charge in [0.05, 0.1) is 46.6 Å². The van der Waals surface area contributed by atoms with Crippen LogP contribution in [0.15, 0.2) is 98.5 Å². The van der Waals surface area contributed by atoms with E-state index >= 15 is 0 Å². The summed E-state index contributed by atoms with van der Waals surface area (Å²) >= 11 is 4.80. The monoisotopic (exact) mass is 659 g/mol. The number of fused-ring (bicyclic) bond motifs is 2. The number of carbonyl (C=O) groups excluding carboxylic acids is 1. The smallest absolute Gasteiger partial charge is 0.338 e. The van der Waals surface area contributed by atoms with E-state index in [0.29, 0.717) is 48.5 Å². The van der Waals surface area contributed by atoms with Crippen molar-refractivity contribution in [3.05, 3.63) is 131 Å². The van der Waals surface area contributed by atoms with Crippen molar-refractivity contribution in [1.29, 1.82) is 0 Å². The summed E-state index contributed by atoms with van der Waals surface area (Å²) in [6.07, 6.45) is 3.77. The molecule has 0 bridgehead atoms. The normalized spacial score (nSPS) is 15.0. The lowest BCUT2D eigenvalue weighted by molar-refractivity contribution is -0.139. The van der Waals surface area contributed by atoms with Crippen molar-refractivity contribution < 1.29 is 18.7 Å². The number of halogens is 2. The van der Waals surface area contributed by atoms with Gasteiger partial charge in [-0.05, 0) is 65.7 Å². The van der Waals surface area contributed by atoms with Crippen LogP contribution in [-0.2, 0) is 16.1 Å². The van der Waals surface area contributed by atoms with Crippen LogP contribution < -0.4 is 19.6 Å². The van der Waals surface area contributed by atoms with Crippen LogP contribution in [-0.4, -0.2) is 28.8 Å². The molecule has 0 fully saturated rings. The summed E-state index contributed by atoms with van der Waals surface area (Å²) in [7, 11) is 1.57. The zero-order valence-electron chi connectivity index (χ0n) is 23.6. The number of carbonyl (C=O) groups is 1. The number of para-hydroxylation sites is 1. The molecule has 1 aliphatic heterocycles. The van der Waals surface area contributed by atoms with Crippen LogP contribution >= 0.6 is 27.3 Å². The van der Waals surface area contributed by atoms with E-state index in [1.165, 1.54) is 17.4 Å². The van der Waals surface area contributed by atoms with E-state index in [1.807, 2.05) is 59.3 Å². The maximum atomic E-state index is 14.5. The van der Waals surface area contributed by atoms with E-state index in [1.54, 1.807) is 43.7 Å². The zero-order chi connectivity index (χ0) is 30.2. The summed E-state index contributed by atoms with van der Waals surface area (Å²) < 4.78 is 30.0.